The third kappa shape index (κ3) is 3.81. The lowest BCUT2D eigenvalue weighted by Crippen LogP contribution is -2.50. The molecule has 2 aromatic rings. The molecule has 3 heterocycles. The number of aromatic nitrogens is 1. The van der Waals surface area contributed by atoms with E-state index in [4.69, 9.17) is 0 Å². The summed E-state index contributed by atoms with van der Waals surface area (Å²) in [6, 6.07) is 11.2. The number of piperidine rings is 2. The third-order valence-electron chi connectivity index (χ3n) is 6.22. The van der Waals surface area contributed by atoms with Crippen LogP contribution >= 0.6 is 11.3 Å². The molecular weight excluding hydrogens is 326 g/mol. The van der Waals surface area contributed by atoms with Crippen LogP contribution in [0.25, 0.3) is 0 Å². The van der Waals surface area contributed by atoms with E-state index in [1.807, 2.05) is 16.8 Å². The molecule has 25 heavy (non-hydrogen) atoms. The number of nitrogens with zero attached hydrogens (tertiary/aromatic N) is 3. The van der Waals surface area contributed by atoms with Gasteiger partial charge in [-0.15, -0.1) is 11.3 Å². The summed E-state index contributed by atoms with van der Waals surface area (Å²) in [6.45, 7) is 8.15. The molecule has 3 nitrogen and oxygen atoms in total. The highest BCUT2D eigenvalue weighted by molar-refractivity contribution is 7.09. The average Bonchev–Trinajstić information content (AvgIpc) is 3.02. The van der Waals surface area contributed by atoms with Crippen molar-refractivity contribution in [2.45, 2.75) is 38.6 Å². The van der Waals surface area contributed by atoms with Crippen molar-refractivity contribution in [3.8, 4) is 0 Å². The molecule has 134 valence electrons. The van der Waals surface area contributed by atoms with Gasteiger partial charge in [0.2, 0.25) is 0 Å². The number of hydrogen-bond acceptors (Lipinski definition) is 4. The van der Waals surface area contributed by atoms with Gasteiger partial charge in [0, 0.05) is 24.5 Å². The van der Waals surface area contributed by atoms with Crippen LogP contribution in [0.4, 0.5) is 0 Å². The lowest BCUT2D eigenvalue weighted by atomic mass is 9.68. The van der Waals surface area contributed by atoms with Crippen LogP contribution < -0.4 is 0 Å². The minimum Gasteiger partial charge on any atom is -0.305 e. The minimum atomic E-state index is 0.507. The monoisotopic (exact) mass is 355 g/mol. The van der Waals surface area contributed by atoms with E-state index in [1.165, 1.54) is 61.6 Å². The second-order valence-corrected chi connectivity index (χ2v) is 9.08. The highest BCUT2D eigenvalue weighted by Gasteiger charge is 2.41. The van der Waals surface area contributed by atoms with Crippen LogP contribution in [-0.4, -0.2) is 48.0 Å². The fourth-order valence-electron chi connectivity index (χ4n) is 4.84. The third-order valence-corrected chi connectivity index (χ3v) is 7.14. The molecule has 0 radical (unpaired) electrons. The smallest absolute Gasteiger partial charge is 0.0798 e. The van der Waals surface area contributed by atoms with Gasteiger partial charge in [-0.3, -0.25) is 4.90 Å². The van der Waals surface area contributed by atoms with E-state index < -0.39 is 0 Å². The van der Waals surface area contributed by atoms with Crippen molar-refractivity contribution >= 4 is 11.3 Å². The lowest BCUT2D eigenvalue weighted by molar-refractivity contribution is 0.0221. The van der Waals surface area contributed by atoms with Crippen LogP contribution in [-0.2, 0) is 6.54 Å². The Balaban J connectivity index is 1.41. The van der Waals surface area contributed by atoms with E-state index in [0.717, 1.165) is 6.54 Å². The van der Waals surface area contributed by atoms with Gasteiger partial charge in [0.15, 0.2) is 0 Å². The summed E-state index contributed by atoms with van der Waals surface area (Å²) in [5.74, 6) is 0.690. The first-order chi connectivity index (χ1) is 12.1. The van der Waals surface area contributed by atoms with Crippen LogP contribution in [0, 0.1) is 12.3 Å². The second kappa shape index (κ2) is 7.18. The van der Waals surface area contributed by atoms with Crippen LogP contribution in [0.5, 0.6) is 0 Å². The van der Waals surface area contributed by atoms with Crippen molar-refractivity contribution < 1.29 is 0 Å². The fourth-order valence-corrected chi connectivity index (χ4v) is 5.66. The first-order valence-corrected chi connectivity index (χ1v) is 10.4. The van der Waals surface area contributed by atoms with Crippen LogP contribution in [0.15, 0.2) is 35.8 Å². The van der Waals surface area contributed by atoms with Gasteiger partial charge >= 0.3 is 0 Å². The standard InChI is InChI=1S/C21H29N3S/c1-17-20(25-16-22-17)14-24-10-8-21(9-11-24)12-19(13-23(2)15-21)18-6-4-3-5-7-18/h3-7,16,19H,8-15H2,1-2H3. The van der Waals surface area contributed by atoms with Crippen molar-refractivity contribution in [3.05, 3.63) is 52.0 Å². The van der Waals surface area contributed by atoms with E-state index in [9.17, 15) is 0 Å². The van der Waals surface area contributed by atoms with Gasteiger partial charge in [0.1, 0.15) is 0 Å². The van der Waals surface area contributed by atoms with Crippen molar-refractivity contribution in [1.82, 2.24) is 14.8 Å². The molecule has 0 amide bonds. The normalized spacial score (nSPS) is 24.6. The van der Waals surface area contributed by atoms with Crippen LogP contribution in [0.2, 0.25) is 0 Å². The van der Waals surface area contributed by atoms with Gasteiger partial charge < -0.3 is 4.90 Å². The summed E-state index contributed by atoms with van der Waals surface area (Å²) in [7, 11) is 2.31. The molecule has 0 saturated carbocycles. The summed E-state index contributed by atoms with van der Waals surface area (Å²) in [4.78, 5) is 11.1. The zero-order chi connectivity index (χ0) is 17.3. The molecule has 0 aliphatic carbocycles. The Hall–Kier alpha value is -1.23. The van der Waals surface area contributed by atoms with Crippen molar-refractivity contribution in [1.29, 1.82) is 0 Å². The molecule has 0 N–H and O–H groups in total. The molecule has 4 heteroatoms. The van der Waals surface area contributed by atoms with Crippen molar-refractivity contribution in [2.24, 2.45) is 5.41 Å². The van der Waals surface area contributed by atoms with Crippen LogP contribution in [0.1, 0.15) is 41.3 Å². The van der Waals surface area contributed by atoms with Gasteiger partial charge in [-0.05, 0) is 63.2 Å². The number of benzene rings is 1. The Bertz CT molecular complexity index is 688. The summed E-state index contributed by atoms with van der Waals surface area (Å²) in [5, 5.41) is 0. The van der Waals surface area contributed by atoms with Crippen molar-refractivity contribution in [3.63, 3.8) is 0 Å². The summed E-state index contributed by atoms with van der Waals surface area (Å²) in [6.07, 6.45) is 4.02. The summed E-state index contributed by atoms with van der Waals surface area (Å²) >= 11 is 1.81. The maximum atomic E-state index is 4.40. The molecule has 1 aromatic heterocycles. The zero-order valence-corrected chi connectivity index (χ0v) is 16.3. The molecule has 1 atom stereocenters. The molecule has 4 rings (SSSR count). The molecule has 2 aliphatic rings. The SMILES string of the molecule is Cc1ncsc1CN1CCC2(CC1)CC(c1ccccc1)CN(C)C2. The predicted molar refractivity (Wildman–Crippen MR) is 105 cm³/mol. The number of hydrogen-bond donors (Lipinski definition) is 0. The molecule has 2 aliphatic heterocycles. The molecule has 2 fully saturated rings. The molecule has 0 bridgehead atoms. The van der Waals surface area contributed by atoms with E-state index in [2.05, 4.69) is 59.1 Å². The van der Waals surface area contributed by atoms with Gasteiger partial charge in [0.25, 0.3) is 0 Å². The highest BCUT2D eigenvalue weighted by Crippen LogP contribution is 2.44. The molecule has 1 unspecified atom stereocenters. The first kappa shape index (κ1) is 17.2. The number of aryl methyl sites for hydroxylation is 1. The predicted octanol–water partition coefficient (Wildman–Crippen LogP) is 4.15. The Morgan fingerprint density at radius 1 is 1.20 bits per heavy atom. The quantitative estimate of drug-likeness (QED) is 0.824. The van der Waals surface area contributed by atoms with E-state index in [-0.39, 0.29) is 0 Å². The molecule has 1 aromatic carbocycles. The zero-order valence-electron chi connectivity index (χ0n) is 15.4. The summed E-state index contributed by atoms with van der Waals surface area (Å²) in [5.41, 5.74) is 5.23. The molecule has 2 saturated heterocycles. The van der Waals surface area contributed by atoms with Gasteiger partial charge in [-0.25, -0.2) is 4.98 Å². The number of thiazole rings is 1. The molecule has 1 spiro atoms. The largest absolute Gasteiger partial charge is 0.305 e. The average molecular weight is 356 g/mol. The van der Waals surface area contributed by atoms with Crippen molar-refractivity contribution in [2.75, 3.05) is 33.2 Å². The fraction of sp³-hybridized carbons (Fsp3) is 0.571. The van der Waals surface area contributed by atoms with Gasteiger partial charge in [0.05, 0.1) is 11.2 Å². The lowest BCUT2D eigenvalue weighted by Gasteiger charge is -2.49. The van der Waals surface area contributed by atoms with E-state index in [1.54, 1.807) is 0 Å². The second-order valence-electron chi connectivity index (χ2n) is 8.15. The molecular formula is C21H29N3S. The van der Waals surface area contributed by atoms with Crippen LogP contribution in [0.3, 0.4) is 0 Å². The van der Waals surface area contributed by atoms with Gasteiger partial charge in [-0.1, -0.05) is 30.3 Å². The maximum absolute atomic E-state index is 4.40. The summed E-state index contributed by atoms with van der Waals surface area (Å²) < 4.78 is 0. The number of rotatable bonds is 3. The first-order valence-electron chi connectivity index (χ1n) is 9.48. The number of likely N-dealkylation sites (tertiary alicyclic amines) is 2. The van der Waals surface area contributed by atoms with E-state index >= 15 is 0 Å². The highest BCUT2D eigenvalue weighted by atomic mass is 32.1. The van der Waals surface area contributed by atoms with Gasteiger partial charge in [-0.2, -0.15) is 0 Å². The Labute approximate surface area is 155 Å². The topological polar surface area (TPSA) is 19.4 Å². The Kier molecular flexibility index (Phi) is 4.94. The maximum Gasteiger partial charge on any atom is 0.0798 e. The number of likely N-dealkylation sites (N-methyl/N-ethyl adjacent to an activating group) is 1. The van der Waals surface area contributed by atoms with E-state index in [0.29, 0.717) is 11.3 Å². The Morgan fingerprint density at radius 3 is 2.64 bits per heavy atom. The minimum absolute atomic E-state index is 0.507. The Morgan fingerprint density at radius 2 is 1.96 bits per heavy atom.